The molecule has 0 fully saturated rings. The van der Waals surface area contributed by atoms with Crippen LogP contribution in [0.1, 0.15) is 56.5 Å². The molecule has 2 nitrogen and oxygen atoms in total. The lowest BCUT2D eigenvalue weighted by Crippen LogP contribution is -2.85. The standard InChI is InChI=1S/C37H32N2/c1-23-25-15-8-11-19-30(25)38-36(33(23)24-13-5-4-6-14-24)39-31-20-12-9-17-27(31)35-32(39)22-21-29-34(35)26-16-7-10-18-28(26)37(29,2)3/h4-7,9-14,16-22,36,38H,8,15H2,1-3H3/p+1. The number of nitrogens with two attached hydrogens (primary N) is 1. The monoisotopic (exact) mass is 505 g/mol. The topological polar surface area (TPSA) is 21.5 Å². The molecular formula is C37H33N2+. The summed E-state index contributed by atoms with van der Waals surface area (Å²) in [6.07, 6.45) is 7.03. The van der Waals surface area contributed by atoms with Crippen molar-refractivity contribution in [3.63, 3.8) is 0 Å². The molecule has 39 heavy (non-hydrogen) atoms. The summed E-state index contributed by atoms with van der Waals surface area (Å²) < 4.78 is 2.62. The molecule has 0 amide bonds. The predicted molar refractivity (Wildman–Crippen MR) is 162 cm³/mol. The van der Waals surface area contributed by atoms with Gasteiger partial charge in [0, 0.05) is 27.3 Å². The van der Waals surface area contributed by atoms with Gasteiger partial charge in [0.15, 0.2) is 6.17 Å². The predicted octanol–water partition coefficient (Wildman–Crippen LogP) is 8.25. The van der Waals surface area contributed by atoms with Gasteiger partial charge in [0.2, 0.25) is 0 Å². The first-order valence-corrected chi connectivity index (χ1v) is 14.2. The number of fused-ring (bicyclic) bond motifs is 7. The largest absolute Gasteiger partial charge is 0.290 e. The van der Waals surface area contributed by atoms with Gasteiger partial charge >= 0.3 is 0 Å². The number of hydrogen-bond acceptors (Lipinski definition) is 0. The maximum atomic E-state index is 2.62. The summed E-state index contributed by atoms with van der Waals surface area (Å²) in [5.41, 5.74) is 15.3. The summed E-state index contributed by atoms with van der Waals surface area (Å²) in [7, 11) is 0. The van der Waals surface area contributed by atoms with Crippen LogP contribution in [0.2, 0.25) is 0 Å². The van der Waals surface area contributed by atoms with E-state index in [1.165, 1.54) is 72.0 Å². The zero-order valence-electron chi connectivity index (χ0n) is 22.8. The second-order valence-electron chi connectivity index (χ2n) is 11.8. The molecule has 5 aromatic rings. The third-order valence-corrected chi connectivity index (χ3v) is 9.48. The molecule has 4 aromatic carbocycles. The molecule has 8 rings (SSSR count). The Hall–Kier alpha value is -4.14. The summed E-state index contributed by atoms with van der Waals surface area (Å²) in [4.78, 5) is 0. The average molecular weight is 506 g/mol. The molecule has 2 aliphatic carbocycles. The molecule has 1 atom stereocenters. The Labute approximate surface area is 230 Å². The maximum absolute atomic E-state index is 2.62. The zero-order valence-corrected chi connectivity index (χ0v) is 22.8. The fourth-order valence-corrected chi connectivity index (χ4v) is 7.67. The molecule has 2 heterocycles. The molecule has 1 unspecified atom stereocenters. The molecular weight excluding hydrogens is 472 g/mol. The Bertz CT molecular complexity index is 1910. The molecule has 1 aromatic heterocycles. The normalized spacial score (nSPS) is 19.5. The molecule has 0 saturated heterocycles. The van der Waals surface area contributed by atoms with Crippen LogP contribution in [0.15, 0.2) is 120 Å². The van der Waals surface area contributed by atoms with Crippen molar-refractivity contribution in [1.29, 1.82) is 0 Å². The van der Waals surface area contributed by atoms with Crippen LogP contribution < -0.4 is 5.32 Å². The summed E-state index contributed by atoms with van der Waals surface area (Å²) in [6, 6.07) is 33.9. The van der Waals surface area contributed by atoms with Gasteiger partial charge in [-0.3, -0.25) is 9.88 Å². The van der Waals surface area contributed by atoms with Crippen LogP contribution >= 0.6 is 0 Å². The van der Waals surface area contributed by atoms with E-state index in [0.29, 0.717) is 0 Å². The van der Waals surface area contributed by atoms with Gasteiger partial charge in [0.05, 0.1) is 11.0 Å². The molecule has 2 N–H and O–H groups in total. The third kappa shape index (κ3) is 3.07. The number of allylic oxidation sites excluding steroid dienone is 4. The lowest BCUT2D eigenvalue weighted by molar-refractivity contribution is -0.648. The second kappa shape index (κ2) is 8.18. The average Bonchev–Trinajstić information content (AvgIpc) is 3.43. The highest BCUT2D eigenvalue weighted by atomic mass is 15.2. The first-order valence-electron chi connectivity index (χ1n) is 14.2. The van der Waals surface area contributed by atoms with E-state index in [4.69, 9.17) is 0 Å². The zero-order chi connectivity index (χ0) is 26.3. The molecule has 0 bridgehead atoms. The number of nitrogens with zero attached hydrogens (tertiary/aromatic N) is 1. The number of benzene rings is 4. The fourth-order valence-electron chi connectivity index (χ4n) is 7.67. The Morgan fingerprint density at radius 2 is 1.56 bits per heavy atom. The van der Waals surface area contributed by atoms with Gasteiger partial charge in [-0.25, -0.2) is 0 Å². The molecule has 190 valence electrons. The van der Waals surface area contributed by atoms with Crippen LogP contribution in [0.3, 0.4) is 0 Å². The van der Waals surface area contributed by atoms with Crippen LogP contribution in [0.25, 0.3) is 38.5 Å². The van der Waals surface area contributed by atoms with Gasteiger partial charge in [-0.1, -0.05) is 98.8 Å². The van der Waals surface area contributed by atoms with Crippen LogP contribution in [0.4, 0.5) is 0 Å². The quantitative estimate of drug-likeness (QED) is 0.249. The summed E-state index contributed by atoms with van der Waals surface area (Å²) in [6.45, 7) is 7.10. The van der Waals surface area contributed by atoms with Crippen LogP contribution in [0, 0.1) is 0 Å². The Kier molecular flexibility index (Phi) is 4.78. The Morgan fingerprint density at radius 3 is 2.44 bits per heavy atom. The SMILES string of the molecule is CC1=C(c2ccccc2)C(n2c3ccccc3c3c4c(ccc32)C(C)(C)c2ccccc2-4)[NH2+]C2=C1CCC=C2. The summed E-state index contributed by atoms with van der Waals surface area (Å²) in [5.74, 6) is 0. The van der Waals surface area contributed by atoms with Crippen LogP contribution in [-0.2, 0) is 5.41 Å². The summed E-state index contributed by atoms with van der Waals surface area (Å²) in [5, 5.41) is 5.25. The number of aromatic nitrogens is 1. The third-order valence-electron chi connectivity index (χ3n) is 9.48. The van der Waals surface area contributed by atoms with Gasteiger partial charge in [0.1, 0.15) is 5.70 Å². The van der Waals surface area contributed by atoms with Gasteiger partial charge in [-0.05, 0) is 71.4 Å². The highest BCUT2D eigenvalue weighted by Gasteiger charge is 2.39. The number of rotatable bonds is 2. The van der Waals surface area contributed by atoms with Crippen molar-refractivity contribution in [1.82, 2.24) is 4.57 Å². The van der Waals surface area contributed by atoms with E-state index in [1.54, 1.807) is 0 Å². The molecule has 1 aliphatic heterocycles. The van der Waals surface area contributed by atoms with Gasteiger partial charge in [-0.2, -0.15) is 0 Å². The van der Waals surface area contributed by atoms with Crippen molar-refractivity contribution in [2.24, 2.45) is 0 Å². The first kappa shape index (κ1) is 22.8. The van der Waals surface area contributed by atoms with Crippen LogP contribution in [-0.4, -0.2) is 4.57 Å². The lowest BCUT2D eigenvalue weighted by Gasteiger charge is -2.31. The van der Waals surface area contributed by atoms with E-state index in [1.807, 2.05) is 0 Å². The lowest BCUT2D eigenvalue weighted by atomic mass is 9.82. The van der Waals surface area contributed by atoms with Gasteiger partial charge in [-0.15, -0.1) is 0 Å². The number of hydrogen-bond donors (Lipinski definition) is 1. The van der Waals surface area contributed by atoms with Crippen molar-refractivity contribution in [3.8, 4) is 11.1 Å². The van der Waals surface area contributed by atoms with Crippen molar-refractivity contribution >= 4 is 27.4 Å². The Balaban J connectivity index is 1.47. The minimum absolute atomic E-state index is 0.0153. The molecule has 2 heteroatoms. The van der Waals surface area contributed by atoms with E-state index in [2.05, 4.69) is 134 Å². The summed E-state index contributed by atoms with van der Waals surface area (Å²) >= 11 is 0. The van der Waals surface area contributed by atoms with E-state index in [9.17, 15) is 0 Å². The first-order chi connectivity index (χ1) is 19.1. The number of quaternary nitrogens is 1. The minimum Gasteiger partial charge on any atom is -0.290 e. The van der Waals surface area contributed by atoms with Gasteiger partial charge in [0.25, 0.3) is 0 Å². The smallest absolute Gasteiger partial charge is 0.198 e. The molecule has 3 aliphatic rings. The Morgan fingerprint density at radius 1 is 0.795 bits per heavy atom. The van der Waals surface area contributed by atoms with Gasteiger partial charge < -0.3 is 0 Å². The highest BCUT2D eigenvalue weighted by Crippen LogP contribution is 2.53. The van der Waals surface area contributed by atoms with Crippen molar-refractivity contribution in [3.05, 3.63) is 137 Å². The van der Waals surface area contributed by atoms with E-state index in [-0.39, 0.29) is 11.6 Å². The van der Waals surface area contributed by atoms with E-state index in [0.717, 1.165) is 12.8 Å². The van der Waals surface area contributed by atoms with Crippen LogP contribution in [0.5, 0.6) is 0 Å². The molecule has 0 radical (unpaired) electrons. The van der Waals surface area contributed by atoms with E-state index >= 15 is 0 Å². The second-order valence-corrected chi connectivity index (χ2v) is 11.8. The molecule has 0 saturated carbocycles. The maximum Gasteiger partial charge on any atom is 0.198 e. The molecule has 0 spiro atoms. The van der Waals surface area contributed by atoms with Crippen molar-refractivity contribution < 1.29 is 5.32 Å². The minimum atomic E-state index is -0.0153. The number of para-hydroxylation sites is 1. The van der Waals surface area contributed by atoms with Crippen molar-refractivity contribution in [2.45, 2.75) is 45.2 Å². The highest BCUT2D eigenvalue weighted by molar-refractivity contribution is 6.17. The van der Waals surface area contributed by atoms with E-state index < -0.39 is 0 Å². The van der Waals surface area contributed by atoms with Crippen molar-refractivity contribution in [2.75, 3.05) is 0 Å². The fraction of sp³-hybridized carbons (Fsp3) is 0.189.